The van der Waals surface area contributed by atoms with Crippen LogP contribution in [0.25, 0.3) is 11.3 Å². The molecule has 0 spiro atoms. The molecule has 4 heteroatoms. The number of hydrogen-bond acceptors (Lipinski definition) is 3. The van der Waals surface area contributed by atoms with E-state index in [0.29, 0.717) is 4.64 Å². The fraction of sp³-hybridized carbons (Fsp3) is 0.286. The number of ether oxygens (including phenoxy) is 1. The van der Waals surface area contributed by atoms with Gasteiger partial charge in [-0.1, -0.05) is 12.2 Å². The quantitative estimate of drug-likeness (QED) is 0.797. The van der Waals surface area contributed by atoms with Crippen molar-refractivity contribution in [2.24, 2.45) is 0 Å². The van der Waals surface area contributed by atoms with Crippen molar-refractivity contribution in [3.05, 3.63) is 39.8 Å². The second-order valence-electron chi connectivity index (χ2n) is 4.55. The molecule has 3 nitrogen and oxygen atoms in total. The van der Waals surface area contributed by atoms with Gasteiger partial charge in [0.2, 0.25) is 0 Å². The summed E-state index contributed by atoms with van der Waals surface area (Å²) in [5, 5.41) is 0. The number of aromatic nitrogens is 2. The van der Waals surface area contributed by atoms with Gasteiger partial charge in [0, 0.05) is 17.7 Å². The zero-order chi connectivity index (χ0) is 12.7. The second kappa shape index (κ2) is 4.21. The zero-order valence-corrected chi connectivity index (χ0v) is 11.2. The summed E-state index contributed by atoms with van der Waals surface area (Å²) in [5.74, 6) is 0.984. The molecular formula is C14H14N2OS. The molecule has 2 aromatic rings. The number of aromatic amines is 1. The predicted octanol–water partition coefficient (Wildman–Crippen LogP) is 3.36. The highest BCUT2D eigenvalue weighted by Gasteiger charge is 2.14. The van der Waals surface area contributed by atoms with Crippen LogP contribution in [0.2, 0.25) is 0 Å². The molecule has 1 aromatic heterocycles. The molecule has 1 aliphatic heterocycles. The van der Waals surface area contributed by atoms with Gasteiger partial charge in [0.25, 0.3) is 0 Å². The number of fused-ring (bicyclic) bond motifs is 1. The van der Waals surface area contributed by atoms with Crippen molar-refractivity contribution in [2.45, 2.75) is 20.3 Å². The summed E-state index contributed by atoms with van der Waals surface area (Å²) in [6.45, 7) is 4.74. The molecule has 0 bridgehead atoms. The van der Waals surface area contributed by atoms with Crippen LogP contribution < -0.4 is 4.74 Å². The summed E-state index contributed by atoms with van der Waals surface area (Å²) in [4.78, 5) is 7.79. The molecule has 0 atom stereocenters. The van der Waals surface area contributed by atoms with Gasteiger partial charge in [-0.2, -0.15) is 0 Å². The Morgan fingerprint density at radius 2 is 2.17 bits per heavy atom. The Labute approximate surface area is 111 Å². The van der Waals surface area contributed by atoms with Crippen LogP contribution in [0.3, 0.4) is 0 Å². The lowest BCUT2D eigenvalue weighted by atomic mass is 10.1. The fourth-order valence-electron chi connectivity index (χ4n) is 2.15. The van der Waals surface area contributed by atoms with Gasteiger partial charge in [-0.25, -0.2) is 4.98 Å². The van der Waals surface area contributed by atoms with E-state index in [1.165, 1.54) is 5.56 Å². The van der Waals surface area contributed by atoms with E-state index in [2.05, 4.69) is 16.0 Å². The third-order valence-electron chi connectivity index (χ3n) is 3.30. The molecular weight excluding hydrogens is 244 g/mol. The third kappa shape index (κ3) is 1.82. The maximum Gasteiger partial charge on any atom is 0.130 e. The lowest BCUT2D eigenvalue weighted by Gasteiger charge is -2.07. The van der Waals surface area contributed by atoms with Crippen LogP contribution in [-0.4, -0.2) is 16.6 Å². The van der Waals surface area contributed by atoms with E-state index in [4.69, 9.17) is 17.0 Å². The first kappa shape index (κ1) is 11.4. The number of H-pyrrole nitrogens is 1. The van der Waals surface area contributed by atoms with Gasteiger partial charge in [0.1, 0.15) is 16.1 Å². The lowest BCUT2D eigenvalue weighted by molar-refractivity contribution is 0.357. The van der Waals surface area contributed by atoms with Gasteiger partial charge in [0.05, 0.1) is 12.3 Å². The van der Waals surface area contributed by atoms with Crippen LogP contribution in [0.5, 0.6) is 5.75 Å². The SMILES string of the molecule is Cc1nc(-c2ccc3c(c2)CCO3)c(=S)[nH]c1C. The molecule has 0 saturated heterocycles. The van der Waals surface area contributed by atoms with E-state index in [1.54, 1.807) is 0 Å². The summed E-state index contributed by atoms with van der Waals surface area (Å²) in [6.07, 6.45) is 0.963. The lowest BCUT2D eigenvalue weighted by Crippen LogP contribution is -1.96. The number of hydrogen-bond donors (Lipinski definition) is 1. The molecule has 3 rings (SSSR count). The number of rotatable bonds is 1. The Morgan fingerprint density at radius 3 is 3.00 bits per heavy atom. The molecule has 1 aromatic carbocycles. The average Bonchev–Trinajstić information content (AvgIpc) is 2.80. The molecule has 0 aliphatic carbocycles. The van der Waals surface area contributed by atoms with Crippen molar-refractivity contribution in [2.75, 3.05) is 6.61 Å². The Kier molecular flexibility index (Phi) is 2.67. The van der Waals surface area contributed by atoms with E-state index in [1.807, 2.05) is 26.0 Å². The van der Waals surface area contributed by atoms with E-state index < -0.39 is 0 Å². The van der Waals surface area contributed by atoms with Gasteiger partial charge < -0.3 is 9.72 Å². The van der Waals surface area contributed by atoms with Gasteiger partial charge in [-0.05, 0) is 37.6 Å². The summed E-state index contributed by atoms with van der Waals surface area (Å²) < 4.78 is 6.20. The molecule has 18 heavy (non-hydrogen) atoms. The number of aryl methyl sites for hydroxylation is 2. The van der Waals surface area contributed by atoms with Crippen LogP contribution in [0, 0.1) is 18.5 Å². The van der Waals surface area contributed by atoms with Gasteiger partial charge >= 0.3 is 0 Å². The van der Waals surface area contributed by atoms with E-state index in [9.17, 15) is 0 Å². The van der Waals surface area contributed by atoms with E-state index in [-0.39, 0.29) is 0 Å². The Bertz CT molecular complexity index is 676. The smallest absolute Gasteiger partial charge is 0.130 e. The maximum absolute atomic E-state index is 5.51. The first-order chi connectivity index (χ1) is 8.65. The topological polar surface area (TPSA) is 37.9 Å². The first-order valence-corrected chi connectivity index (χ1v) is 6.39. The van der Waals surface area contributed by atoms with Crippen LogP contribution in [0.4, 0.5) is 0 Å². The number of nitrogens with zero attached hydrogens (tertiary/aromatic N) is 1. The van der Waals surface area contributed by atoms with Crippen LogP contribution in [0.15, 0.2) is 18.2 Å². The second-order valence-corrected chi connectivity index (χ2v) is 4.95. The number of nitrogens with one attached hydrogen (secondary N) is 1. The van der Waals surface area contributed by atoms with Crippen molar-refractivity contribution in [3.63, 3.8) is 0 Å². The molecule has 92 valence electrons. The van der Waals surface area contributed by atoms with Crippen molar-refractivity contribution in [3.8, 4) is 17.0 Å². The van der Waals surface area contributed by atoms with Crippen LogP contribution in [0.1, 0.15) is 17.0 Å². The normalized spacial score (nSPS) is 13.2. The monoisotopic (exact) mass is 258 g/mol. The van der Waals surface area contributed by atoms with Gasteiger partial charge in [0.15, 0.2) is 0 Å². The highest BCUT2D eigenvalue weighted by molar-refractivity contribution is 7.71. The summed E-state index contributed by atoms with van der Waals surface area (Å²) in [6, 6.07) is 6.15. The molecule has 0 fully saturated rings. The minimum Gasteiger partial charge on any atom is -0.493 e. The highest BCUT2D eigenvalue weighted by atomic mass is 32.1. The van der Waals surface area contributed by atoms with Gasteiger partial charge in [-0.15, -0.1) is 0 Å². The van der Waals surface area contributed by atoms with Crippen LogP contribution in [-0.2, 0) is 6.42 Å². The van der Waals surface area contributed by atoms with Crippen molar-refractivity contribution < 1.29 is 4.74 Å². The molecule has 1 N–H and O–H groups in total. The Hall–Kier alpha value is -1.68. The summed E-state index contributed by atoms with van der Waals surface area (Å²) in [7, 11) is 0. The fourth-order valence-corrected chi connectivity index (χ4v) is 2.47. The standard InChI is InChI=1S/C14H14N2OS/c1-8-9(2)16-14(18)13(15-8)11-3-4-12-10(7-11)5-6-17-12/h3-4,7H,5-6H2,1-2H3,(H,16,18). The molecule has 0 radical (unpaired) electrons. The molecule has 2 heterocycles. The zero-order valence-electron chi connectivity index (χ0n) is 10.4. The van der Waals surface area contributed by atoms with Gasteiger partial charge in [-0.3, -0.25) is 0 Å². The molecule has 0 unspecified atom stereocenters. The minimum absolute atomic E-state index is 0.692. The van der Waals surface area contributed by atoms with Crippen molar-refractivity contribution in [1.82, 2.24) is 9.97 Å². The Morgan fingerprint density at radius 1 is 1.33 bits per heavy atom. The van der Waals surface area contributed by atoms with Crippen molar-refractivity contribution >= 4 is 12.2 Å². The molecule has 0 amide bonds. The summed E-state index contributed by atoms with van der Waals surface area (Å²) >= 11 is 5.36. The summed E-state index contributed by atoms with van der Waals surface area (Å²) in [5.41, 5.74) is 5.15. The maximum atomic E-state index is 5.51. The van der Waals surface area contributed by atoms with Crippen LogP contribution >= 0.6 is 12.2 Å². The largest absolute Gasteiger partial charge is 0.493 e. The predicted molar refractivity (Wildman–Crippen MR) is 73.5 cm³/mol. The van der Waals surface area contributed by atoms with E-state index >= 15 is 0 Å². The molecule has 1 aliphatic rings. The minimum atomic E-state index is 0.692. The Balaban J connectivity index is 2.16. The number of benzene rings is 1. The molecule has 0 saturated carbocycles. The third-order valence-corrected chi connectivity index (χ3v) is 3.60. The van der Waals surface area contributed by atoms with Crippen molar-refractivity contribution in [1.29, 1.82) is 0 Å². The average molecular weight is 258 g/mol. The van der Waals surface area contributed by atoms with E-state index in [0.717, 1.165) is 41.4 Å². The first-order valence-electron chi connectivity index (χ1n) is 5.99. The highest BCUT2D eigenvalue weighted by Crippen LogP contribution is 2.30.